The van der Waals surface area contributed by atoms with Crippen molar-refractivity contribution in [3.8, 4) is 11.5 Å². The predicted octanol–water partition coefficient (Wildman–Crippen LogP) is 4.51. The van der Waals surface area contributed by atoms with E-state index in [1.807, 2.05) is 6.07 Å². The summed E-state index contributed by atoms with van der Waals surface area (Å²) in [7, 11) is 3.06. The van der Waals surface area contributed by atoms with Gasteiger partial charge in [-0.25, -0.2) is 0 Å². The molecule has 140 valence electrons. The molecule has 1 aromatic heterocycles. The van der Waals surface area contributed by atoms with Crippen LogP contribution >= 0.6 is 23.2 Å². The van der Waals surface area contributed by atoms with Crippen LogP contribution in [0.3, 0.4) is 0 Å². The molecule has 0 aliphatic heterocycles. The summed E-state index contributed by atoms with van der Waals surface area (Å²) < 4.78 is 12.1. The molecule has 2 aromatic carbocycles. The number of ether oxygens (including phenoxy) is 2. The molecule has 8 heteroatoms. The monoisotopic (exact) mass is 405 g/mol. The van der Waals surface area contributed by atoms with Gasteiger partial charge in [0.1, 0.15) is 11.5 Å². The maximum atomic E-state index is 12.5. The lowest BCUT2D eigenvalue weighted by atomic mass is 10.2. The molecular weight excluding hydrogens is 389 g/mol. The predicted molar refractivity (Wildman–Crippen MR) is 105 cm³/mol. The van der Waals surface area contributed by atoms with E-state index in [2.05, 4.69) is 10.4 Å². The number of methoxy groups -OCH3 is 2. The van der Waals surface area contributed by atoms with Crippen molar-refractivity contribution < 1.29 is 14.3 Å². The van der Waals surface area contributed by atoms with Gasteiger partial charge < -0.3 is 14.8 Å². The Morgan fingerprint density at radius 3 is 2.37 bits per heavy atom. The van der Waals surface area contributed by atoms with Gasteiger partial charge in [-0.3, -0.25) is 9.48 Å². The van der Waals surface area contributed by atoms with Gasteiger partial charge in [0.05, 0.1) is 30.8 Å². The molecule has 1 amide bonds. The third-order valence-electron chi connectivity index (χ3n) is 3.82. The van der Waals surface area contributed by atoms with E-state index < -0.39 is 0 Å². The largest absolute Gasteiger partial charge is 0.497 e. The number of aromatic nitrogens is 2. The molecule has 0 aliphatic carbocycles. The second kappa shape index (κ2) is 8.33. The van der Waals surface area contributed by atoms with Gasteiger partial charge in [0, 0.05) is 23.9 Å². The molecular formula is C19H17Cl2N3O3. The van der Waals surface area contributed by atoms with Gasteiger partial charge in [0.25, 0.3) is 5.91 Å². The number of carbonyl (C=O) groups is 1. The van der Waals surface area contributed by atoms with Crippen molar-refractivity contribution in [2.45, 2.75) is 6.54 Å². The Hall–Kier alpha value is -2.70. The highest BCUT2D eigenvalue weighted by atomic mass is 35.5. The van der Waals surface area contributed by atoms with E-state index in [4.69, 9.17) is 32.7 Å². The number of hydrogen-bond acceptors (Lipinski definition) is 4. The van der Waals surface area contributed by atoms with E-state index in [1.54, 1.807) is 47.3 Å². The molecule has 0 atom stereocenters. The van der Waals surface area contributed by atoms with Crippen molar-refractivity contribution in [3.63, 3.8) is 0 Å². The second-order valence-electron chi connectivity index (χ2n) is 5.70. The standard InChI is InChI=1S/C19H17Cl2N3O3/c1-26-14-8-13(9-15(10-14)27-2)19(25)22-18-5-6-24(23-18)11-12-3-4-16(20)17(21)7-12/h3-10H,11H2,1-2H3,(H,22,23,25). The normalized spacial score (nSPS) is 10.5. The molecule has 0 saturated carbocycles. The number of hydrogen-bond donors (Lipinski definition) is 1. The van der Waals surface area contributed by atoms with Crippen molar-refractivity contribution in [2.24, 2.45) is 0 Å². The van der Waals surface area contributed by atoms with Crippen LogP contribution in [0.25, 0.3) is 0 Å². The van der Waals surface area contributed by atoms with Gasteiger partial charge in [-0.15, -0.1) is 0 Å². The van der Waals surface area contributed by atoms with Crippen molar-refractivity contribution >= 4 is 34.9 Å². The lowest BCUT2D eigenvalue weighted by molar-refractivity contribution is 0.102. The summed E-state index contributed by atoms with van der Waals surface area (Å²) in [4.78, 5) is 12.5. The Balaban J connectivity index is 1.71. The van der Waals surface area contributed by atoms with E-state index >= 15 is 0 Å². The number of rotatable bonds is 6. The Bertz CT molecular complexity index is 950. The van der Waals surface area contributed by atoms with Gasteiger partial charge in [-0.2, -0.15) is 5.10 Å². The summed E-state index contributed by atoms with van der Waals surface area (Å²) in [6.07, 6.45) is 1.77. The van der Waals surface area contributed by atoms with Crippen LogP contribution in [-0.4, -0.2) is 29.9 Å². The lowest BCUT2D eigenvalue weighted by Gasteiger charge is -2.08. The Kier molecular flexibility index (Phi) is 5.88. The Morgan fingerprint density at radius 2 is 1.74 bits per heavy atom. The first-order chi connectivity index (χ1) is 13.0. The summed E-state index contributed by atoms with van der Waals surface area (Å²) in [5, 5.41) is 8.10. The third kappa shape index (κ3) is 4.72. The molecule has 0 aliphatic rings. The fourth-order valence-corrected chi connectivity index (χ4v) is 2.79. The van der Waals surface area contributed by atoms with Crippen LogP contribution in [0.5, 0.6) is 11.5 Å². The van der Waals surface area contributed by atoms with Crippen molar-refractivity contribution in [1.82, 2.24) is 9.78 Å². The van der Waals surface area contributed by atoms with E-state index in [1.165, 1.54) is 14.2 Å². The minimum Gasteiger partial charge on any atom is -0.497 e. The van der Waals surface area contributed by atoms with Crippen molar-refractivity contribution in [1.29, 1.82) is 0 Å². The molecule has 6 nitrogen and oxygen atoms in total. The Labute approximate surface area is 166 Å². The van der Waals surface area contributed by atoms with Crippen LogP contribution in [0.15, 0.2) is 48.7 Å². The molecule has 0 spiro atoms. The number of anilines is 1. The molecule has 0 bridgehead atoms. The lowest BCUT2D eigenvalue weighted by Crippen LogP contribution is -2.13. The summed E-state index contributed by atoms with van der Waals surface area (Å²) in [6.45, 7) is 0.500. The number of benzene rings is 2. The summed E-state index contributed by atoms with van der Waals surface area (Å²) in [6, 6.07) is 12.1. The molecule has 0 saturated heterocycles. The molecule has 0 radical (unpaired) electrons. The van der Waals surface area contributed by atoms with Crippen molar-refractivity contribution in [3.05, 3.63) is 69.8 Å². The summed E-state index contributed by atoms with van der Waals surface area (Å²) in [5.41, 5.74) is 1.35. The zero-order valence-corrected chi connectivity index (χ0v) is 16.2. The number of nitrogens with one attached hydrogen (secondary N) is 1. The van der Waals surface area contributed by atoms with Crippen LogP contribution in [0.1, 0.15) is 15.9 Å². The van der Waals surface area contributed by atoms with Gasteiger partial charge in [-0.1, -0.05) is 29.3 Å². The molecule has 3 rings (SSSR count). The fraction of sp³-hybridized carbons (Fsp3) is 0.158. The van der Waals surface area contributed by atoms with Crippen LogP contribution in [0.2, 0.25) is 10.0 Å². The highest BCUT2D eigenvalue weighted by molar-refractivity contribution is 6.42. The van der Waals surface area contributed by atoms with Gasteiger partial charge >= 0.3 is 0 Å². The minimum atomic E-state index is -0.313. The number of nitrogens with zero attached hydrogens (tertiary/aromatic N) is 2. The first-order valence-electron chi connectivity index (χ1n) is 8.00. The van der Waals surface area contributed by atoms with Crippen LogP contribution in [-0.2, 0) is 6.54 Å². The minimum absolute atomic E-state index is 0.313. The first kappa shape index (κ1) is 19.1. The fourth-order valence-electron chi connectivity index (χ4n) is 2.47. The van der Waals surface area contributed by atoms with Crippen LogP contribution in [0.4, 0.5) is 5.82 Å². The number of amides is 1. The molecule has 0 fully saturated rings. The third-order valence-corrected chi connectivity index (χ3v) is 4.56. The first-order valence-corrected chi connectivity index (χ1v) is 8.76. The number of carbonyl (C=O) groups excluding carboxylic acids is 1. The van der Waals surface area contributed by atoms with Crippen LogP contribution < -0.4 is 14.8 Å². The van der Waals surface area contributed by atoms with Gasteiger partial charge in [0.15, 0.2) is 5.82 Å². The highest BCUT2D eigenvalue weighted by Gasteiger charge is 2.12. The molecule has 3 aromatic rings. The molecule has 1 heterocycles. The number of halogens is 2. The molecule has 27 heavy (non-hydrogen) atoms. The van der Waals surface area contributed by atoms with Crippen LogP contribution in [0, 0.1) is 0 Å². The maximum Gasteiger partial charge on any atom is 0.257 e. The van der Waals surface area contributed by atoms with E-state index in [0.29, 0.717) is 39.5 Å². The average molecular weight is 406 g/mol. The van der Waals surface area contributed by atoms with Gasteiger partial charge in [-0.05, 0) is 29.8 Å². The van der Waals surface area contributed by atoms with Crippen molar-refractivity contribution in [2.75, 3.05) is 19.5 Å². The Morgan fingerprint density at radius 1 is 1.04 bits per heavy atom. The molecule has 0 unspecified atom stereocenters. The smallest absolute Gasteiger partial charge is 0.257 e. The van der Waals surface area contributed by atoms with E-state index in [0.717, 1.165) is 5.56 Å². The summed E-state index contributed by atoms with van der Waals surface area (Å²) in [5.74, 6) is 1.18. The highest BCUT2D eigenvalue weighted by Crippen LogP contribution is 2.24. The SMILES string of the molecule is COc1cc(OC)cc(C(=O)Nc2ccn(Cc3ccc(Cl)c(Cl)c3)n2)c1. The quantitative estimate of drug-likeness (QED) is 0.655. The molecule has 1 N–H and O–H groups in total. The van der Waals surface area contributed by atoms with Gasteiger partial charge in [0.2, 0.25) is 0 Å². The second-order valence-corrected chi connectivity index (χ2v) is 6.52. The maximum absolute atomic E-state index is 12.5. The van der Waals surface area contributed by atoms with E-state index in [9.17, 15) is 4.79 Å². The average Bonchev–Trinajstić information content (AvgIpc) is 3.10. The zero-order chi connectivity index (χ0) is 19.4. The zero-order valence-electron chi connectivity index (χ0n) is 14.7. The van der Waals surface area contributed by atoms with E-state index in [-0.39, 0.29) is 5.91 Å². The summed E-state index contributed by atoms with van der Waals surface area (Å²) >= 11 is 12.0. The topological polar surface area (TPSA) is 65.4 Å².